The fourth-order valence-electron chi connectivity index (χ4n) is 0.865. The summed E-state index contributed by atoms with van der Waals surface area (Å²) in [6, 6.07) is 8.70. The number of ether oxygens (including phenoxy) is 1. The van der Waals surface area contributed by atoms with Gasteiger partial charge < -0.3 is 4.74 Å². The molecule has 0 spiro atoms. The molecule has 0 N–H and O–H groups in total. The molecule has 1 rings (SSSR count). The molecule has 1 aromatic carbocycles. The van der Waals surface area contributed by atoms with E-state index >= 15 is 0 Å². The van der Waals surface area contributed by atoms with Gasteiger partial charge in [0.2, 0.25) is 0 Å². The fraction of sp³-hybridized carbons (Fsp3) is 0.200. The standard InChI is InChI=1S/C10H11O/c1-3-9-7-5-6-8-10(9)11-4-2/h3,5-7H,1,4H2,2H3. The monoisotopic (exact) mass is 147 g/mol. The summed E-state index contributed by atoms with van der Waals surface area (Å²) in [6.45, 7) is 6.29. The first kappa shape index (κ1) is 7.86. The summed E-state index contributed by atoms with van der Waals surface area (Å²) < 4.78 is 5.30. The predicted octanol–water partition coefficient (Wildman–Crippen LogP) is 2.53. The minimum Gasteiger partial charge on any atom is -0.493 e. The molecule has 0 fully saturated rings. The van der Waals surface area contributed by atoms with Crippen molar-refractivity contribution in [2.24, 2.45) is 0 Å². The summed E-state index contributed by atoms with van der Waals surface area (Å²) in [5.41, 5.74) is 0.995. The number of para-hydroxylation sites is 1. The van der Waals surface area contributed by atoms with Crippen LogP contribution in [0.2, 0.25) is 0 Å². The minimum atomic E-state index is 0.668. The minimum absolute atomic E-state index is 0.668. The predicted molar refractivity (Wildman–Crippen MR) is 46.5 cm³/mol. The summed E-state index contributed by atoms with van der Waals surface area (Å²) in [7, 11) is 0. The molecule has 0 amide bonds. The van der Waals surface area contributed by atoms with Gasteiger partial charge in [0.15, 0.2) is 0 Å². The molecule has 0 atom stereocenters. The molecule has 0 heterocycles. The summed E-state index contributed by atoms with van der Waals surface area (Å²) >= 11 is 0. The number of rotatable bonds is 3. The number of benzene rings is 1. The largest absolute Gasteiger partial charge is 0.493 e. The molecule has 0 aliphatic carbocycles. The lowest BCUT2D eigenvalue weighted by Gasteiger charge is -2.04. The van der Waals surface area contributed by atoms with Crippen LogP contribution in [0.1, 0.15) is 12.5 Å². The third-order valence-electron chi connectivity index (χ3n) is 1.36. The van der Waals surface area contributed by atoms with Crippen LogP contribution >= 0.6 is 0 Å². The zero-order valence-electron chi connectivity index (χ0n) is 6.63. The second kappa shape index (κ2) is 3.81. The SMILES string of the molecule is C=Cc1ccc[c]c1OCC. The first-order valence-corrected chi connectivity index (χ1v) is 3.64. The molecule has 1 radical (unpaired) electrons. The summed E-state index contributed by atoms with van der Waals surface area (Å²) in [5.74, 6) is 0.782. The average Bonchev–Trinajstić information content (AvgIpc) is 2.06. The van der Waals surface area contributed by atoms with E-state index in [2.05, 4.69) is 12.6 Å². The molecule has 1 nitrogen and oxygen atoms in total. The zero-order chi connectivity index (χ0) is 8.10. The smallest absolute Gasteiger partial charge is 0.134 e. The molecule has 0 unspecified atom stereocenters. The van der Waals surface area contributed by atoms with Crippen LogP contribution in [0.4, 0.5) is 0 Å². The Morgan fingerprint density at radius 2 is 2.55 bits per heavy atom. The van der Waals surface area contributed by atoms with Crippen LogP contribution < -0.4 is 4.74 Å². The van der Waals surface area contributed by atoms with E-state index in [0.29, 0.717) is 6.61 Å². The summed E-state index contributed by atoms with van der Waals surface area (Å²) in [6.07, 6.45) is 1.77. The van der Waals surface area contributed by atoms with Gasteiger partial charge in [0.25, 0.3) is 0 Å². The van der Waals surface area contributed by atoms with E-state index in [4.69, 9.17) is 4.74 Å². The van der Waals surface area contributed by atoms with Crippen molar-refractivity contribution < 1.29 is 4.74 Å². The van der Waals surface area contributed by atoms with Crippen molar-refractivity contribution in [1.82, 2.24) is 0 Å². The molecule has 0 saturated carbocycles. The molecular formula is C10H11O. The van der Waals surface area contributed by atoms with Gasteiger partial charge >= 0.3 is 0 Å². The Balaban J connectivity index is 2.92. The molecule has 0 aliphatic rings. The molecule has 0 aromatic heterocycles. The Bertz CT molecular complexity index is 240. The Kier molecular flexibility index (Phi) is 2.73. The molecular weight excluding hydrogens is 136 g/mol. The van der Waals surface area contributed by atoms with Gasteiger partial charge in [-0.2, -0.15) is 0 Å². The third kappa shape index (κ3) is 1.84. The average molecular weight is 147 g/mol. The molecule has 11 heavy (non-hydrogen) atoms. The quantitative estimate of drug-likeness (QED) is 0.638. The highest BCUT2D eigenvalue weighted by atomic mass is 16.5. The lowest BCUT2D eigenvalue weighted by atomic mass is 10.2. The molecule has 0 bridgehead atoms. The van der Waals surface area contributed by atoms with Gasteiger partial charge in [0, 0.05) is 11.6 Å². The first-order chi connectivity index (χ1) is 5.38. The van der Waals surface area contributed by atoms with Crippen molar-refractivity contribution in [2.75, 3.05) is 6.61 Å². The van der Waals surface area contributed by atoms with E-state index < -0.39 is 0 Å². The molecule has 0 aliphatic heterocycles. The Hall–Kier alpha value is -1.24. The Morgan fingerprint density at radius 3 is 3.18 bits per heavy atom. The highest BCUT2D eigenvalue weighted by Gasteiger charge is 1.95. The van der Waals surface area contributed by atoms with Crippen LogP contribution in [-0.2, 0) is 0 Å². The Morgan fingerprint density at radius 1 is 1.73 bits per heavy atom. The first-order valence-electron chi connectivity index (χ1n) is 3.64. The molecule has 1 heteroatoms. The molecule has 0 saturated heterocycles. The summed E-state index contributed by atoms with van der Waals surface area (Å²) in [4.78, 5) is 0. The number of hydrogen-bond donors (Lipinski definition) is 0. The van der Waals surface area contributed by atoms with Crippen molar-refractivity contribution in [3.63, 3.8) is 0 Å². The van der Waals surface area contributed by atoms with E-state index in [1.54, 1.807) is 6.08 Å². The van der Waals surface area contributed by atoms with E-state index in [9.17, 15) is 0 Å². The van der Waals surface area contributed by atoms with Gasteiger partial charge in [0.1, 0.15) is 5.75 Å². The van der Waals surface area contributed by atoms with Crippen molar-refractivity contribution in [2.45, 2.75) is 6.92 Å². The zero-order valence-corrected chi connectivity index (χ0v) is 6.63. The molecule has 1 aromatic rings. The van der Waals surface area contributed by atoms with Crippen LogP contribution in [-0.4, -0.2) is 6.61 Å². The van der Waals surface area contributed by atoms with Crippen molar-refractivity contribution in [1.29, 1.82) is 0 Å². The van der Waals surface area contributed by atoms with E-state index in [1.165, 1.54) is 0 Å². The van der Waals surface area contributed by atoms with E-state index in [1.807, 2.05) is 25.1 Å². The topological polar surface area (TPSA) is 9.23 Å². The highest BCUT2D eigenvalue weighted by molar-refractivity contribution is 5.54. The van der Waals surface area contributed by atoms with Gasteiger partial charge in [-0.05, 0) is 6.92 Å². The van der Waals surface area contributed by atoms with Crippen LogP contribution in [0, 0.1) is 6.07 Å². The van der Waals surface area contributed by atoms with E-state index in [0.717, 1.165) is 11.3 Å². The maximum atomic E-state index is 5.30. The van der Waals surface area contributed by atoms with Crippen molar-refractivity contribution >= 4 is 6.08 Å². The second-order valence-corrected chi connectivity index (χ2v) is 2.09. The Labute approximate surface area is 67.3 Å². The fourth-order valence-corrected chi connectivity index (χ4v) is 0.865. The van der Waals surface area contributed by atoms with Gasteiger partial charge in [-0.3, -0.25) is 0 Å². The summed E-state index contributed by atoms with van der Waals surface area (Å²) in [5, 5.41) is 0. The van der Waals surface area contributed by atoms with Crippen LogP contribution in [0.25, 0.3) is 6.08 Å². The number of hydrogen-bond acceptors (Lipinski definition) is 1. The van der Waals surface area contributed by atoms with Crippen LogP contribution in [0.3, 0.4) is 0 Å². The van der Waals surface area contributed by atoms with Crippen LogP contribution in [0.5, 0.6) is 5.75 Å². The highest BCUT2D eigenvalue weighted by Crippen LogP contribution is 2.17. The van der Waals surface area contributed by atoms with E-state index in [-0.39, 0.29) is 0 Å². The van der Waals surface area contributed by atoms with Gasteiger partial charge in [-0.25, -0.2) is 0 Å². The lowest BCUT2D eigenvalue weighted by Crippen LogP contribution is -1.93. The third-order valence-corrected chi connectivity index (χ3v) is 1.36. The van der Waals surface area contributed by atoms with Gasteiger partial charge in [-0.1, -0.05) is 30.9 Å². The second-order valence-electron chi connectivity index (χ2n) is 2.09. The maximum Gasteiger partial charge on any atom is 0.134 e. The normalized spacial score (nSPS) is 9.18. The van der Waals surface area contributed by atoms with Crippen LogP contribution in [0.15, 0.2) is 24.8 Å². The van der Waals surface area contributed by atoms with Gasteiger partial charge in [0.05, 0.1) is 6.61 Å². The molecule has 57 valence electrons. The van der Waals surface area contributed by atoms with Crippen molar-refractivity contribution in [3.05, 3.63) is 36.4 Å². The van der Waals surface area contributed by atoms with Crippen molar-refractivity contribution in [3.8, 4) is 5.75 Å². The lowest BCUT2D eigenvalue weighted by molar-refractivity contribution is 0.339. The maximum absolute atomic E-state index is 5.30. The van der Waals surface area contributed by atoms with Gasteiger partial charge in [-0.15, -0.1) is 0 Å².